The Labute approximate surface area is 153 Å². The highest BCUT2D eigenvalue weighted by Gasteiger charge is 2.24. The van der Waals surface area contributed by atoms with E-state index in [0.29, 0.717) is 6.04 Å². The van der Waals surface area contributed by atoms with Crippen molar-refractivity contribution in [2.45, 2.75) is 105 Å². The van der Waals surface area contributed by atoms with Gasteiger partial charge in [0, 0.05) is 31.7 Å². The molecule has 0 unspecified atom stereocenters. The molecule has 0 aromatic rings. The molecule has 0 aromatic carbocycles. The van der Waals surface area contributed by atoms with E-state index in [0.717, 1.165) is 17.9 Å². The summed E-state index contributed by atoms with van der Waals surface area (Å²) in [5, 5.41) is 0. The fourth-order valence-electron chi connectivity index (χ4n) is 4.26. The molecule has 0 N–H and O–H groups in total. The average Bonchev–Trinajstić information content (AvgIpc) is 2.52. The first-order valence-corrected chi connectivity index (χ1v) is 10.9. The molecule has 2 rings (SSSR count). The third-order valence-corrected chi connectivity index (χ3v) is 5.49. The normalized spacial score (nSPS) is 24.2. The van der Waals surface area contributed by atoms with Crippen LogP contribution in [0.1, 0.15) is 92.9 Å². The van der Waals surface area contributed by atoms with Gasteiger partial charge in [0.1, 0.15) is 0 Å². The zero-order chi connectivity index (χ0) is 17.9. The Bertz CT molecular complexity index is 292. The van der Waals surface area contributed by atoms with Crippen LogP contribution in [-0.4, -0.2) is 48.1 Å². The van der Waals surface area contributed by atoms with Crippen molar-refractivity contribution in [1.82, 2.24) is 9.80 Å². The first kappa shape index (κ1) is 22.0. The number of hydrogen-bond donors (Lipinski definition) is 0. The second kappa shape index (κ2) is 12.3. The molecule has 0 aromatic heterocycles. The molecule has 1 atom stereocenters. The predicted molar refractivity (Wildman–Crippen MR) is 109 cm³/mol. The first-order chi connectivity index (χ1) is 11.4. The lowest BCUT2D eigenvalue weighted by molar-refractivity contribution is 0.0592. The third kappa shape index (κ3) is 9.42. The molecule has 144 valence electrons. The number of piperazine rings is 1. The van der Waals surface area contributed by atoms with Crippen LogP contribution in [0.4, 0.5) is 0 Å². The van der Waals surface area contributed by atoms with Crippen LogP contribution in [0.2, 0.25) is 0 Å². The summed E-state index contributed by atoms with van der Waals surface area (Å²) in [5.74, 6) is 1.90. The van der Waals surface area contributed by atoms with E-state index in [-0.39, 0.29) is 0 Å². The first-order valence-electron chi connectivity index (χ1n) is 10.9. The number of hydrogen-bond acceptors (Lipinski definition) is 2. The van der Waals surface area contributed by atoms with Crippen molar-refractivity contribution >= 4 is 0 Å². The molecule has 0 spiro atoms. The second-order valence-electron chi connectivity index (χ2n) is 9.21. The van der Waals surface area contributed by atoms with Gasteiger partial charge in [-0.3, -0.25) is 4.90 Å². The highest BCUT2D eigenvalue weighted by Crippen LogP contribution is 2.27. The van der Waals surface area contributed by atoms with E-state index < -0.39 is 0 Å². The summed E-state index contributed by atoms with van der Waals surface area (Å²) in [5.41, 5.74) is 0. The Morgan fingerprint density at radius 1 is 0.875 bits per heavy atom. The molecule has 1 heterocycles. The van der Waals surface area contributed by atoms with Crippen LogP contribution in [0.15, 0.2) is 0 Å². The molecular weight excluding hydrogens is 292 g/mol. The van der Waals surface area contributed by atoms with Gasteiger partial charge in [-0.15, -0.1) is 0 Å². The van der Waals surface area contributed by atoms with E-state index in [1.54, 1.807) is 0 Å². The third-order valence-electron chi connectivity index (χ3n) is 5.49. The standard InChI is InChI=1S/C18H36N2.C4H10/c1-16(2)20-14-13-19(15-17(20)3)12-8-7-11-18-9-5-4-6-10-18;1-4(2)3/h16-18H,4-15H2,1-3H3;4H,1-3H3/t17-;/m1./s1. The molecule has 2 fully saturated rings. The van der Waals surface area contributed by atoms with Crippen molar-refractivity contribution in [1.29, 1.82) is 0 Å². The number of rotatable bonds is 6. The smallest absolute Gasteiger partial charge is 0.0198 e. The Morgan fingerprint density at radius 3 is 2.04 bits per heavy atom. The van der Waals surface area contributed by atoms with Crippen LogP contribution in [0.25, 0.3) is 0 Å². The van der Waals surface area contributed by atoms with Crippen LogP contribution in [-0.2, 0) is 0 Å². The van der Waals surface area contributed by atoms with Crippen LogP contribution in [0.3, 0.4) is 0 Å². The number of unbranched alkanes of at least 4 members (excludes halogenated alkanes) is 1. The van der Waals surface area contributed by atoms with Gasteiger partial charge in [0.25, 0.3) is 0 Å². The Balaban J connectivity index is 0.000000648. The summed E-state index contributed by atoms with van der Waals surface area (Å²) < 4.78 is 0. The fourth-order valence-corrected chi connectivity index (χ4v) is 4.26. The second-order valence-corrected chi connectivity index (χ2v) is 9.21. The lowest BCUT2D eigenvalue weighted by atomic mass is 9.86. The Morgan fingerprint density at radius 2 is 1.50 bits per heavy atom. The van der Waals surface area contributed by atoms with Crippen LogP contribution >= 0.6 is 0 Å². The maximum Gasteiger partial charge on any atom is 0.0198 e. The van der Waals surface area contributed by atoms with Crippen molar-refractivity contribution in [2.75, 3.05) is 26.2 Å². The van der Waals surface area contributed by atoms with Gasteiger partial charge < -0.3 is 4.90 Å². The summed E-state index contributed by atoms with van der Waals surface area (Å²) in [6, 6.07) is 1.44. The summed E-state index contributed by atoms with van der Waals surface area (Å²) >= 11 is 0. The lowest BCUT2D eigenvalue weighted by Gasteiger charge is -2.42. The molecule has 1 aliphatic heterocycles. The summed E-state index contributed by atoms with van der Waals surface area (Å²) in [6.45, 7) is 18.7. The topological polar surface area (TPSA) is 6.48 Å². The Kier molecular flexibility index (Phi) is 11.3. The maximum absolute atomic E-state index is 2.70. The average molecular weight is 339 g/mol. The minimum atomic E-state index is 0.707. The molecule has 1 saturated heterocycles. The van der Waals surface area contributed by atoms with Crippen molar-refractivity contribution < 1.29 is 0 Å². The van der Waals surface area contributed by atoms with Gasteiger partial charge in [-0.1, -0.05) is 65.7 Å². The van der Waals surface area contributed by atoms with E-state index in [9.17, 15) is 0 Å². The van der Waals surface area contributed by atoms with Gasteiger partial charge >= 0.3 is 0 Å². The lowest BCUT2D eigenvalue weighted by Crippen LogP contribution is -2.54. The van der Waals surface area contributed by atoms with Crippen LogP contribution < -0.4 is 0 Å². The molecule has 2 heteroatoms. The molecule has 1 aliphatic carbocycles. The molecule has 2 nitrogen and oxygen atoms in total. The highest BCUT2D eigenvalue weighted by atomic mass is 15.3. The molecular formula is C22H46N2. The van der Waals surface area contributed by atoms with Gasteiger partial charge in [-0.2, -0.15) is 0 Å². The molecule has 1 saturated carbocycles. The van der Waals surface area contributed by atoms with Crippen LogP contribution in [0.5, 0.6) is 0 Å². The molecule has 0 bridgehead atoms. The van der Waals surface area contributed by atoms with E-state index in [4.69, 9.17) is 0 Å². The van der Waals surface area contributed by atoms with Crippen molar-refractivity contribution in [3.63, 3.8) is 0 Å². The van der Waals surface area contributed by atoms with Crippen molar-refractivity contribution in [2.24, 2.45) is 11.8 Å². The van der Waals surface area contributed by atoms with E-state index in [1.165, 1.54) is 77.5 Å². The van der Waals surface area contributed by atoms with Crippen molar-refractivity contribution in [3.05, 3.63) is 0 Å². The van der Waals surface area contributed by atoms with Gasteiger partial charge in [0.2, 0.25) is 0 Å². The largest absolute Gasteiger partial charge is 0.301 e. The molecule has 0 amide bonds. The number of nitrogens with zero attached hydrogens (tertiary/aromatic N) is 2. The van der Waals surface area contributed by atoms with E-state index in [2.05, 4.69) is 51.3 Å². The van der Waals surface area contributed by atoms with E-state index in [1.807, 2.05) is 0 Å². The predicted octanol–water partition coefficient (Wildman–Crippen LogP) is 5.81. The minimum absolute atomic E-state index is 0.707. The molecule has 2 aliphatic rings. The van der Waals surface area contributed by atoms with Crippen LogP contribution in [0, 0.1) is 11.8 Å². The quantitative estimate of drug-likeness (QED) is 0.564. The van der Waals surface area contributed by atoms with Crippen molar-refractivity contribution in [3.8, 4) is 0 Å². The minimum Gasteiger partial charge on any atom is -0.301 e. The Hall–Kier alpha value is -0.0800. The monoisotopic (exact) mass is 338 g/mol. The zero-order valence-corrected chi connectivity index (χ0v) is 17.7. The maximum atomic E-state index is 2.70. The van der Waals surface area contributed by atoms with Gasteiger partial charge in [-0.25, -0.2) is 0 Å². The summed E-state index contributed by atoms with van der Waals surface area (Å²) in [7, 11) is 0. The summed E-state index contributed by atoms with van der Waals surface area (Å²) in [4.78, 5) is 5.35. The summed E-state index contributed by atoms with van der Waals surface area (Å²) in [6.07, 6.45) is 11.9. The van der Waals surface area contributed by atoms with Gasteiger partial charge in [0.05, 0.1) is 0 Å². The van der Waals surface area contributed by atoms with Gasteiger partial charge in [0.15, 0.2) is 0 Å². The fraction of sp³-hybridized carbons (Fsp3) is 1.00. The van der Waals surface area contributed by atoms with Gasteiger partial charge in [-0.05, 0) is 45.6 Å². The highest BCUT2D eigenvalue weighted by molar-refractivity contribution is 4.81. The SMILES string of the molecule is CC(C)C.CC(C)N1CCN(CCCCC2CCCCC2)C[C@H]1C. The molecule has 24 heavy (non-hydrogen) atoms. The zero-order valence-electron chi connectivity index (χ0n) is 17.7. The van der Waals surface area contributed by atoms with E-state index >= 15 is 0 Å². The molecule has 0 radical (unpaired) electrons.